The van der Waals surface area contributed by atoms with Gasteiger partial charge in [-0.25, -0.2) is 0 Å². The maximum atomic E-state index is 9.13. The van der Waals surface area contributed by atoms with E-state index >= 15 is 0 Å². The third kappa shape index (κ3) is 3.05. The highest BCUT2D eigenvalue weighted by molar-refractivity contribution is 7.13. The van der Waals surface area contributed by atoms with E-state index in [9.17, 15) is 0 Å². The van der Waals surface area contributed by atoms with Crippen molar-refractivity contribution in [2.24, 2.45) is 5.92 Å². The average Bonchev–Trinajstić information content (AvgIpc) is 3.10. The summed E-state index contributed by atoms with van der Waals surface area (Å²) >= 11 is 1.66. The zero-order valence-electron chi connectivity index (χ0n) is 10.8. The first kappa shape index (κ1) is 12.8. The number of piperidine rings is 1. The van der Waals surface area contributed by atoms with Crippen LogP contribution in [0.2, 0.25) is 0 Å². The molecular formula is C14H18N2O2S. The number of hydrogen-bond acceptors (Lipinski definition) is 5. The van der Waals surface area contributed by atoms with Crippen molar-refractivity contribution in [3.63, 3.8) is 0 Å². The lowest BCUT2D eigenvalue weighted by Crippen LogP contribution is -2.34. The molecule has 0 saturated carbocycles. The first-order chi connectivity index (χ1) is 9.35. The van der Waals surface area contributed by atoms with Crippen molar-refractivity contribution in [3.05, 3.63) is 29.3 Å². The van der Waals surface area contributed by atoms with E-state index in [0.717, 1.165) is 48.8 Å². The number of aliphatic hydroxyl groups excluding tert-OH is 1. The quantitative estimate of drug-likeness (QED) is 0.934. The zero-order valence-corrected chi connectivity index (χ0v) is 11.6. The largest absolute Gasteiger partial charge is 0.396 e. The van der Waals surface area contributed by atoms with Crippen molar-refractivity contribution < 1.29 is 9.63 Å². The molecule has 102 valence electrons. The third-order valence-corrected chi connectivity index (χ3v) is 4.56. The lowest BCUT2D eigenvalue weighted by molar-refractivity contribution is 0.125. The normalized spacial score (nSPS) is 17.9. The van der Waals surface area contributed by atoms with Crippen molar-refractivity contribution in [1.29, 1.82) is 0 Å². The van der Waals surface area contributed by atoms with Gasteiger partial charge in [-0.2, -0.15) is 0 Å². The third-order valence-electron chi connectivity index (χ3n) is 3.67. The van der Waals surface area contributed by atoms with Crippen LogP contribution in [-0.2, 0) is 6.54 Å². The Kier molecular flexibility index (Phi) is 3.96. The molecule has 1 fully saturated rings. The summed E-state index contributed by atoms with van der Waals surface area (Å²) in [6.45, 7) is 3.23. The second-order valence-corrected chi connectivity index (χ2v) is 6.01. The van der Waals surface area contributed by atoms with Crippen LogP contribution in [-0.4, -0.2) is 34.9 Å². The number of aromatic nitrogens is 1. The molecule has 2 aromatic rings. The molecule has 1 aliphatic heterocycles. The number of hydrogen-bond donors (Lipinski definition) is 1. The minimum absolute atomic E-state index is 0.320. The number of rotatable bonds is 4. The minimum Gasteiger partial charge on any atom is -0.396 e. The molecule has 0 aliphatic carbocycles. The van der Waals surface area contributed by atoms with Gasteiger partial charge in [-0.3, -0.25) is 4.90 Å². The summed E-state index contributed by atoms with van der Waals surface area (Å²) in [5.74, 6) is 1.34. The summed E-state index contributed by atoms with van der Waals surface area (Å²) < 4.78 is 5.39. The van der Waals surface area contributed by atoms with Gasteiger partial charge >= 0.3 is 0 Å². The molecule has 0 radical (unpaired) electrons. The monoisotopic (exact) mass is 278 g/mol. The molecule has 3 rings (SSSR count). The smallest absolute Gasteiger partial charge is 0.177 e. The standard InChI is InChI=1S/C14H18N2O2S/c17-10-11-3-5-16(6-4-11)9-12-8-13(18-15-12)14-2-1-7-19-14/h1-2,7-8,11,17H,3-6,9-10H2. The SMILES string of the molecule is OCC1CCN(Cc2cc(-c3cccs3)on2)CC1. The summed E-state index contributed by atoms with van der Waals surface area (Å²) in [6, 6.07) is 6.09. The van der Waals surface area contributed by atoms with Gasteiger partial charge in [0.05, 0.1) is 10.6 Å². The highest BCUT2D eigenvalue weighted by Gasteiger charge is 2.19. The predicted molar refractivity (Wildman–Crippen MR) is 74.9 cm³/mol. The number of nitrogens with zero attached hydrogens (tertiary/aromatic N) is 2. The molecule has 1 saturated heterocycles. The van der Waals surface area contributed by atoms with Crippen LogP contribution >= 0.6 is 11.3 Å². The van der Waals surface area contributed by atoms with Gasteiger partial charge in [0.25, 0.3) is 0 Å². The fraction of sp³-hybridized carbons (Fsp3) is 0.500. The van der Waals surface area contributed by atoms with Gasteiger partial charge in [-0.1, -0.05) is 11.2 Å². The Morgan fingerprint density at radius 2 is 2.26 bits per heavy atom. The molecule has 19 heavy (non-hydrogen) atoms. The van der Waals surface area contributed by atoms with E-state index in [1.807, 2.05) is 23.6 Å². The Morgan fingerprint density at radius 1 is 1.42 bits per heavy atom. The summed E-state index contributed by atoms with van der Waals surface area (Å²) in [4.78, 5) is 3.50. The Bertz CT molecular complexity index is 501. The van der Waals surface area contributed by atoms with E-state index in [1.165, 1.54) is 0 Å². The highest BCUT2D eigenvalue weighted by Crippen LogP contribution is 2.26. The van der Waals surface area contributed by atoms with Crippen LogP contribution in [0.15, 0.2) is 28.1 Å². The Labute approximate surface area is 116 Å². The van der Waals surface area contributed by atoms with Gasteiger partial charge in [0.1, 0.15) is 0 Å². The van der Waals surface area contributed by atoms with Crippen LogP contribution in [0, 0.1) is 5.92 Å². The second kappa shape index (κ2) is 5.86. The predicted octanol–water partition coefficient (Wildman–Crippen LogP) is 2.61. The fourth-order valence-corrected chi connectivity index (χ4v) is 3.15. The number of likely N-dealkylation sites (tertiary alicyclic amines) is 1. The van der Waals surface area contributed by atoms with E-state index < -0.39 is 0 Å². The van der Waals surface area contributed by atoms with Crippen LogP contribution in [0.25, 0.3) is 10.6 Å². The molecule has 4 nitrogen and oxygen atoms in total. The van der Waals surface area contributed by atoms with Gasteiger partial charge in [-0.05, 0) is 43.3 Å². The molecule has 0 unspecified atom stereocenters. The Balaban J connectivity index is 1.59. The molecule has 0 spiro atoms. The van der Waals surface area contributed by atoms with Crippen molar-refractivity contribution in [3.8, 4) is 10.6 Å². The van der Waals surface area contributed by atoms with Gasteiger partial charge in [-0.15, -0.1) is 11.3 Å². The van der Waals surface area contributed by atoms with Gasteiger partial charge < -0.3 is 9.63 Å². The molecule has 3 heterocycles. The minimum atomic E-state index is 0.320. The summed E-state index contributed by atoms with van der Waals surface area (Å²) in [5.41, 5.74) is 0.992. The van der Waals surface area contributed by atoms with Crippen LogP contribution < -0.4 is 0 Å². The molecule has 1 aliphatic rings. The summed E-state index contributed by atoms with van der Waals surface area (Å²) in [6.07, 6.45) is 2.15. The molecule has 5 heteroatoms. The number of thiophene rings is 1. The molecule has 1 N–H and O–H groups in total. The second-order valence-electron chi connectivity index (χ2n) is 5.06. The van der Waals surface area contributed by atoms with E-state index in [1.54, 1.807) is 11.3 Å². The van der Waals surface area contributed by atoms with Gasteiger partial charge in [0.15, 0.2) is 5.76 Å². The topological polar surface area (TPSA) is 49.5 Å². The van der Waals surface area contributed by atoms with Crippen molar-refractivity contribution in [2.75, 3.05) is 19.7 Å². The zero-order chi connectivity index (χ0) is 13.1. The van der Waals surface area contributed by atoms with Crippen molar-refractivity contribution >= 4 is 11.3 Å². The summed E-state index contributed by atoms with van der Waals surface area (Å²) in [5, 5.41) is 15.3. The van der Waals surface area contributed by atoms with Crippen molar-refractivity contribution in [2.45, 2.75) is 19.4 Å². The van der Waals surface area contributed by atoms with Gasteiger partial charge in [0, 0.05) is 19.2 Å². The molecule has 0 amide bonds. The Hall–Kier alpha value is -1.17. The average molecular weight is 278 g/mol. The van der Waals surface area contributed by atoms with Crippen LogP contribution in [0.4, 0.5) is 0 Å². The lowest BCUT2D eigenvalue weighted by Gasteiger charge is -2.30. The maximum Gasteiger partial charge on any atom is 0.177 e. The van der Waals surface area contributed by atoms with E-state index in [2.05, 4.69) is 10.1 Å². The Morgan fingerprint density at radius 3 is 2.95 bits per heavy atom. The summed E-state index contributed by atoms with van der Waals surface area (Å²) in [7, 11) is 0. The van der Waals surface area contributed by atoms with E-state index in [0.29, 0.717) is 12.5 Å². The van der Waals surface area contributed by atoms with Crippen molar-refractivity contribution in [1.82, 2.24) is 10.1 Å². The first-order valence-corrected chi connectivity index (χ1v) is 7.56. The fourth-order valence-electron chi connectivity index (χ4n) is 2.48. The first-order valence-electron chi connectivity index (χ1n) is 6.68. The maximum absolute atomic E-state index is 9.13. The molecule has 0 aromatic carbocycles. The molecule has 0 atom stereocenters. The highest BCUT2D eigenvalue weighted by atomic mass is 32.1. The van der Waals surface area contributed by atoms with E-state index in [-0.39, 0.29) is 0 Å². The molecule has 2 aromatic heterocycles. The molecule has 0 bridgehead atoms. The van der Waals surface area contributed by atoms with Crippen LogP contribution in [0.1, 0.15) is 18.5 Å². The molecular weight excluding hydrogens is 260 g/mol. The van der Waals surface area contributed by atoms with Crippen LogP contribution in [0.3, 0.4) is 0 Å². The van der Waals surface area contributed by atoms with Crippen LogP contribution in [0.5, 0.6) is 0 Å². The van der Waals surface area contributed by atoms with Gasteiger partial charge in [0.2, 0.25) is 0 Å². The number of aliphatic hydroxyl groups is 1. The van der Waals surface area contributed by atoms with E-state index in [4.69, 9.17) is 9.63 Å². The lowest BCUT2D eigenvalue weighted by atomic mass is 9.98.